The summed E-state index contributed by atoms with van der Waals surface area (Å²) < 4.78 is 25.6. The fourth-order valence-corrected chi connectivity index (χ4v) is 4.52. The zero-order valence-electron chi connectivity index (χ0n) is 8.15. The second kappa shape index (κ2) is 3.99. The zero-order valence-corrected chi connectivity index (χ0v) is 9.73. The summed E-state index contributed by atoms with van der Waals surface area (Å²) in [4.78, 5) is 0. The average Bonchev–Trinajstić information content (AvgIpc) is 3.01. The lowest BCUT2D eigenvalue weighted by Gasteiger charge is -2.33. The van der Waals surface area contributed by atoms with Crippen molar-refractivity contribution in [1.29, 1.82) is 0 Å². The molecule has 3 nitrogen and oxygen atoms in total. The second-order valence-corrected chi connectivity index (χ2v) is 6.63. The van der Waals surface area contributed by atoms with Crippen LogP contribution >= 0.6 is 11.6 Å². The van der Waals surface area contributed by atoms with E-state index in [9.17, 15) is 8.42 Å². The minimum atomic E-state index is -3.00. The van der Waals surface area contributed by atoms with Gasteiger partial charge in [0.25, 0.3) is 0 Å². The molecule has 14 heavy (non-hydrogen) atoms. The van der Waals surface area contributed by atoms with Gasteiger partial charge in [-0.05, 0) is 25.7 Å². The van der Waals surface area contributed by atoms with E-state index < -0.39 is 10.0 Å². The maximum atomic E-state index is 12.0. The third kappa shape index (κ3) is 1.92. The summed E-state index contributed by atoms with van der Waals surface area (Å²) in [5.41, 5.74) is 0. The van der Waals surface area contributed by atoms with Crippen LogP contribution in [0.3, 0.4) is 0 Å². The largest absolute Gasteiger partial charge is 0.217 e. The molecule has 0 amide bonds. The van der Waals surface area contributed by atoms with Crippen LogP contribution in [0.25, 0.3) is 0 Å². The molecule has 82 valence electrons. The first-order valence-corrected chi connectivity index (χ1v) is 7.26. The summed E-state index contributed by atoms with van der Waals surface area (Å²) in [6.07, 6.45) is 4.70. The Morgan fingerprint density at radius 2 is 1.93 bits per heavy atom. The van der Waals surface area contributed by atoms with E-state index in [2.05, 4.69) is 0 Å². The predicted molar refractivity (Wildman–Crippen MR) is 57.0 cm³/mol. The molecule has 1 heterocycles. The maximum absolute atomic E-state index is 12.0. The molecule has 2 fully saturated rings. The van der Waals surface area contributed by atoms with Crippen molar-refractivity contribution in [2.24, 2.45) is 0 Å². The van der Waals surface area contributed by atoms with E-state index >= 15 is 0 Å². The molecule has 0 N–H and O–H groups in total. The van der Waals surface area contributed by atoms with Gasteiger partial charge in [0, 0.05) is 18.5 Å². The van der Waals surface area contributed by atoms with Crippen molar-refractivity contribution >= 4 is 21.6 Å². The first kappa shape index (κ1) is 10.7. The molecule has 1 unspecified atom stereocenters. The van der Waals surface area contributed by atoms with E-state index in [-0.39, 0.29) is 11.3 Å². The molecule has 1 saturated carbocycles. The number of sulfonamides is 1. The van der Waals surface area contributed by atoms with Crippen molar-refractivity contribution in [3.63, 3.8) is 0 Å². The quantitative estimate of drug-likeness (QED) is 0.699. The summed E-state index contributed by atoms with van der Waals surface area (Å²) in [7, 11) is -3.00. The van der Waals surface area contributed by atoms with Gasteiger partial charge in [-0.15, -0.1) is 11.6 Å². The highest BCUT2D eigenvalue weighted by Gasteiger charge is 2.43. The molecule has 1 aliphatic heterocycles. The molecule has 1 aliphatic carbocycles. The van der Waals surface area contributed by atoms with Crippen molar-refractivity contribution < 1.29 is 8.42 Å². The molecule has 0 bridgehead atoms. The van der Waals surface area contributed by atoms with E-state index in [1.54, 1.807) is 4.31 Å². The molecule has 1 saturated heterocycles. The minimum absolute atomic E-state index is 0.0519. The van der Waals surface area contributed by atoms with Crippen LogP contribution in [0.5, 0.6) is 0 Å². The Morgan fingerprint density at radius 1 is 1.21 bits per heavy atom. The Kier molecular flexibility index (Phi) is 3.05. The van der Waals surface area contributed by atoms with Crippen LogP contribution in [-0.2, 0) is 10.0 Å². The van der Waals surface area contributed by atoms with E-state index in [0.717, 1.165) is 32.1 Å². The molecule has 2 aliphatic rings. The lowest BCUT2D eigenvalue weighted by Crippen LogP contribution is -2.46. The van der Waals surface area contributed by atoms with Crippen LogP contribution in [0.15, 0.2) is 0 Å². The highest BCUT2D eigenvalue weighted by Crippen LogP contribution is 2.34. The summed E-state index contributed by atoms with van der Waals surface area (Å²) in [5, 5.41) is -0.0914. The number of hydrogen-bond acceptors (Lipinski definition) is 2. The number of alkyl halides is 1. The van der Waals surface area contributed by atoms with Gasteiger partial charge in [0.15, 0.2) is 0 Å². The molecular formula is C9H16ClNO2S. The summed E-state index contributed by atoms with van der Waals surface area (Å²) in [6, 6.07) is 0.0519. The third-order valence-electron chi connectivity index (χ3n) is 3.02. The molecule has 1 atom stereocenters. The molecule has 0 radical (unpaired) electrons. The summed E-state index contributed by atoms with van der Waals surface area (Å²) in [5.74, 6) is 0.436. The third-order valence-corrected chi connectivity index (χ3v) is 5.83. The number of hydrogen-bond donors (Lipinski definition) is 0. The standard InChI is InChI=1S/C9H16ClNO2S/c10-7-8-3-1-2-6-11(8)14(12,13)9-4-5-9/h8-9H,1-7H2. The Morgan fingerprint density at radius 3 is 2.50 bits per heavy atom. The molecule has 0 aromatic carbocycles. The van der Waals surface area contributed by atoms with E-state index in [4.69, 9.17) is 11.6 Å². The Bertz CT molecular complexity index is 300. The zero-order chi connectivity index (χ0) is 10.2. The highest BCUT2D eigenvalue weighted by atomic mass is 35.5. The van der Waals surface area contributed by atoms with Crippen LogP contribution in [0.1, 0.15) is 32.1 Å². The van der Waals surface area contributed by atoms with Crippen molar-refractivity contribution in [2.45, 2.75) is 43.4 Å². The fourth-order valence-electron chi connectivity index (χ4n) is 2.02. The van der Waals surface area contributed by atoms with Gasteiger partial charge in [-0.25, -0.2) is 8.42 Å². The van der Waals surface area contributed by atoms with Gasteiger partial charge in [-0.3, -0.25) is 0 Å². The average molecular weight is 238 g/mol. The minimum Gasteiger partial charge on any atom is -0.212 e. The smallest absolute Gasteiger partial charge is 0.212 e. The molecule has 5 heteroatoms. The van der Waals surface area contributed by atoms with Crippen LogP contribution < -0.4 is 0 Å². The van der Waals surface area contributed by atoms with Gasteiger partial charge in [0.1, 0.15) is 0 Å². The van der Waals surface area contributed by atoms with Crippen LogP contribution in [0.2, 0.25) is 0 Å². The van der Waals surface area contributed by atoms with E-state index in [0.29, 0.717) is 12.4 Å². The van der Waals surface area contributed by atoms with Gasteiger partial charge in [0.2, 0.25) is 10.0 Å². The molecule has 2 rings (SSSR count). The van der Waals surface area contributed by atoms with E-state index in [1.165, 1.54) is 0 Å². The lowest BCUT2D eigenvalue weighted by molar-refractivity contribution is 0.271. The van der Waals surface area contributed by atoms with Gasteiger partial charge < -0.3 is 0 Å². The first-order valence-electron chi connectivity index (χ1n) is 5.23. The first-order chi connectivity index (χ1) is 6.66. The highest BCUT2D eigenvalue weighted by molar-refractivity contribution is 7.90. The molecule has 0 aromatic rings. The number of piperidine rings is 1. The van der Waals surface area contributed by atoms with Crippen LogP contribution in [0.4, 0.5) is 0 Å². The van der Waals surface area contributed by atoms with Crippen molar-refractivity contribution in [2.75, 3.05) is 12.4 Å². The summed E-state index contributed by atoms with van der Waals surface area (Å²) >= 11 is 5.80. The van der Waals surface area contributed by atoms with E-state index in [1.807, 2.05) is 0 Å². The van der Waals surface area contributed by atoms with Gasteiger partial charge in [-0.1, -0.05) is 6.42 Å². The van der Waals surface area contributed by atoms with Crippen LogP contribution in [-0.4, -0.2) is 36.4 Å². The number of rotatable bonds is 3. The Hall–Kier alpha value is 0.200. The maximum Gasteiger partial charge on any atom is 0.217 e. The van der Waals surface area contributed by atoms with Gasteiger partial charge in [0.05, 0.1) is 5.25 Å². The number of halogens is 1. The molecule has 0 aromatic heterocycles. The topological polar surface area (TPSA) is 37.4 Å². The predicted octanol–water partition coefficient (Wildman–Crippen LogP) is 1.57. The Balaban J connectivity index is 2.13. The summed E-state index contributed by atoms with van der Waals surface area (Å²) in [6.45, 7) is 0.677. The SMILES string of the molecule is O=S(=O)(C1CC1)N1CCCCC1CCl. The fraction of sp³-hybridized carbons (Fsp3) is 1.00. The van der Waals surface area contributed by atoms with Crippen LogP contribution in [0, 0.1) is 0 Å². The second-order valence-electron chi connectivity index (χ2n) is 4.16. The van der Waals surface area contributed by atoms with Crippen molar-refractivity contribution in [3.05, 3.63) is 0 Å². The normalized spacial score (nSPS) is 30.5. The molecule has 0 spiro atoms. The monoisotopic (exact) mass is 237 g/mol. The molecular weight excluding hydrogens is 222 g/mol. The lowest BCUT2D eigenvalue weighted by atomic mass is 10.1. The van der Waals surface area contributed by atoms with Gasteiger partial charge in [-0.2, -0.15) is 4.31 Å². The number of nitrogens with zero attached hydrogens (tertiary/aromatic N) is 1. The Labute approximate surface area is 90.5 Å². The van der Waals surface area contributed by atoms with Crippen molar-refractivity contribution in [1.82, 2.24) is 4.31 Å². The van der Waals surface area contributed by atoms with Gasteiger partial charge >= 0.3 is 0 Å². The van der Waals surface area contributed by atoms with Crippen molar-refractivity contribution in [3.8, 4) is 0 Å².